The maximum atomic E-state index is 12.7. The fraction of sp³-hybridized carbons (Fsp3) is 0.267. The monoisotopic (exact) mass is 333 g/mol. The molecule has 3 aromatic heterocycles. The van der Waals surface area contributed by atoms with Gasteiger partial charge in [-0.25, -0.2) is 4.98 Å². The van der Waals surface area contributed by atoms with Gasteiger partial charge in [-0.1, -0.05) is 0 Å². The van der Waals surface area contributed by atoms with Crippen molar-refractivity contribution in [1.82, 2.24) is 14.5 Å². The first-order valence-corrected chi connectivity index (χ1v) is 8.40. The van der Waals surface area contributed by atoms with Crippen molar-refractivity contribution >= 4 is 38.8 Å². The molecule has 0 atom stereocenters. The Labute approximate surface area is 135 Å². The van der Waals surface area contributed by atoms with Gasteiger partial charge in [-0.05, 0) is 19.1 Å². The second kappa shape index (κ2) is 5.66. The molecule has 3 heterocycles. The lowest BCUT2D eigenvalue weighted by atomic mass is 10.2. The van der Waals surface area contributed by atoms with Crippen LogP contribution in [0.25, 0.3) is 20.7 Å². The summed E-state index contributed by atoms with van der Waals surface area (Å²) < 4.78 is 1.38. The first-order chi connectivity index (χ1) is 10.5. The predicted molar refractivity (Wildman–Crippen MR) is 90.6 cm³/mol. The molecule has 3 aromatic rings. The summed E-state index contributed by atoms with van der Waals surface area (Å²) in [6.45, 7) is 2.04. The van der Waals surface area contributed by atoms with E-state index in [1.165, 1.54) is 32.0 Å². The molecule has 0 aliphatic rings. The van der Waals surface area contributed by atoms with Crippen molar-refractivity contribution in [2.24, 2.45) is 0 Å². The van der Waals surface area contributed by atoms with Crippen LogP contribution in [0.3, 0.4) is 0 Å². The summed E-state index contributed by atoms with van der Waals surface area (Å²) in [4.78, 5) is 33.3. The second-order valence-corrected chi connectivity index (χ2v) is 7.35. The number of carbonyl (C=O) groups is 1. The molecule has 0 aromatic carbocycles. The molecule has 0 aliphatic carbocycles. The van der Waals surface area contributed by atoms with Crippen LogP contribution in [0.5, 0.6) is 0 Å². The minimum Gasteiger partial charge on any atom is -0.347 e. The quantitative estimate of drug-likeness (QED) is 0.740. The fourth-order valence-corrected chi connectivity index (χ4v) is 3.99. The number of likely N-dealkylation sites (N-methyl/N-ethyl adjacent to an activating group) is 1. The van der Waals surface area contributed by atoms with Crippen molar-refractivity contribution in [2.45, 2.75) is 13.5 Å². The molecule has 0 unspecified atom stereocenters. The van der Waals surface area contributed by atoms with E-state index in [-0.39, 0.29) is 18.0 Å². The number of fused-ring (bicyclic) bond motifs is 1. The molecule has 7 heteroatoms. The molecule has 0 spiro atoms. The second-order valence-electron chi connectivity index (χ2n) is 5.21. The Hall–Kier alpha value is -1.99. The number of aryl methyl sites for hydroxylation is 1. The maximum absolute atomic E-state index is 12.7. The van der Waals surface area contributed by atoms with Crippen LogP contribution in [-0.4, -0.2) is 34.5 Å². The fourth-order valence-electron chi connectivity index (χ4n) is 2.13. The van der Waals surface area contributed by atoms with Gasteiger partial charge in [-0.2, -0.15) is 0 Å². The zero-order valence-corrected chi connectivity index (χ0v) is 14.1. The van der Waals surface area contributed by atoms with Gasteiger partial charge in [-0.15, -0.1) is 22.7 Å². The summed E-state index contributed by atoms with van der Waals surface area (Å²) >= 11 is 3.10. The Morgan fingerprint density at radius 1 is 1.36 bits per heavy atom. The Bertz CT molecular complexity index is 905. The van der Waals surface area contributed by atoms with Gasteiger partial charge in [0.2, 0.25) is 5.91 Å². The Morgan fingerprint density at radius 3 is 2.77 bits per heavy atom. The third-order valence-corrected chi connectivity index (χ3v) is 5.29. The average molecular weight is 333 g/mol. The normalized spacial score (nSPS) is 11.0. The summed E-state index contributed by atoms with van der Waals surface area (Å²) in [5.74, 6) is -0.132. The lowest BCUT2D eigenvalue weighted by molar-refractivity contribution is -0.129. The number of hydrogen-bond donors (Lipinski definition) is 0. The molecule has 5 nitrogen and oxygen atoms in total. The van der Waals surface area contributed by atoms with Gasteiger partial charge in [0, 0.05) is 34.8 Å². The van der Waals surface area contributed by atoms with Gasteiger partial charge < -0.3 is 4.90 Å². The highest BCUT2D eigenvalue weighted by atomic mass is 32.1. The molecular weight excluding hydrogens is 318 g/mol. The molecule has 0 aliphatic heterocycles. The molecular formula is C15H15N3O2S2. The van der Waals surface area contributed by atoms with Crippen LogP contribution >= 0.6 is 22.7 Å². The molecule has 0 N–H and O–H groups in total. The van der Waals surface area contributed by atoms with Crippen LogP contribution in [0.15, 0.2) is 28.6 Å². The third kappa shape index (κ3) is 2.57. The average Bonchev–Trinajstić information content (AvgIpc) is 3.07. The van der Waals surface area contributed by atoms with Gasteiger partial charge in [0.15, 0.2) is 0 Å². The largest absolute Gasteiger partial charge is 0.347 e. The SMILES string of the molecule is Cc1ccc(-c2csc3ncn(CC(=O)N(C)C)c(=O)c23)s1. The minimum absolute atomic E-state index is 0.00747. The van der Waals surface area contributed by atoms with E-state index in [2.05, 4.69) is 4.98 Å². The number of thiophene rings is 2. The number of amides is 1. The zero-order chi connectivity index (χ0) is 15.9. The molecule has 0 bridgehead atoms. The van der Waals surface area contributed by atoms with Crippen LogP contribution in [0.1, 0.15) is 4.88 Å². The topological polar surface area (TPSA) is 55.2 Å². The Morgan fingerprint density at radius 2 is 2.14 bits per heavy atom. The molecule has 0 radical (unpaired) electrons. The van der Waals surface area contributed by atoms with E-state index in [4.69, 9.17) is 0 Å². The first-order valence-electron chi connectivity index (χ1n) is 6.71. The van der Waals surface area contributed by atoms with Gasteiger partial charge in [0.1, 0.15) is 11.4 Å². The highest BCUT2D eigenvalue weighted by molar-refractivity contribution is 7.19. The van der Waals surface area contributed by atoms with Crippen LogP contribution in [0.4, 0.5) is 0 Å². The van der Waals surface area contributed by atoms with E-state index in [0.717, 1.165) is 10.4 Å². The highest BCUT2D eigenvalue weighted by Gasteiger charge is 2.16. The van der Waals surface area contributed by atoms with Crippen LogP contribution in [0, 0.1) is 6.92 Å². The number of aromatic nitrogens is 2. The van der Waals surface area contributed by atoms with E-state index in [9.17, 15) is 9.59 Å². The summed E-state index contributed by atoms with van der Waals surface area (Å²) in [5, 5.41) is 2.56. The molecule has 0 fully saturated rings. The number of rotatable bonds is 3. The number of carbonyl (C=O) groups excluding carboxylic acids is 1. The van der Waals surface area contributed by atoms with E-state index in [1.807, 2.05) is 24.4 Å². The van der Waals surface area contributed by atoms with Crippen molar-refractivity contribution in [3.63, 3.8) is 0 Å². The van der Waals surface area contributed by atoms with Gasteiger partial charge >= 0.3 is 0 Å². The van der Waals surface area contributed by atoms with Crippen molar-refractivity contribution < 1.29 is 4.79 Å². The third-order valence-electron chi connectivity index (χ3n) is 3.37. The van der Waals surface area contributed by atoms with E-state index in [0.29, 0.717) is 10.2 Å². The molecule has 0 saturated heterocycles. The lowest BCUT2D eigenvalue weighted by Gasteiger charge is -2.11. The van der Waals surface area contributed by atoms with Gasteiger partial charge in [0.25, 0.3) is 5.56 Å². The Balaban J connectivity index is 2.13. The van der Waals surface area contributed by atoms with E-state index < -0.39 is 0 Å². The number of hydrogen-bond acceptors (Lipinski definition) is 5. The van der Waals surface area contributed by atoms with Crippen LogP contribution in [-0.2, 0) is 11.3 Å². The maximum Gasteiger partial charge on any atom is 0.263 e. The predicted octanol–water partition coefficient (Wildman–Crippen LogP) is 2.58. The van der Waals surface area contributed by atoms with Crippen LogP contribution < -0.4 is 5.56 Å². The summed E-state index contributed by atoms with van der Waals surface area (Å²) in [6.07, 6.45) is 1.45. The van der Waals surface area contributed by atoms with E-state index >= 15 is 0 Å². The van der Waals surface area contributed by atoms with E-state index in [1.54, 1.807) is 25.4 Å². The first kappa shape index (κ1) is 14.9. The lowest BCUT2D eigenvalue weighted by Crippen LogP contribution is -2.31. The zero-order valence-electron chi connectivity index (χ0n) is 12.5. The smallest absolute Gasteiger partial charge is 0.263 e. The minimum atomic E-state index is -0.164. The Kier molecular flexibility index (Phi) is 3.84. The summed E-state index contributed by atoms with van der Waals surface area (Å²) in [7, 11) is 3.34. The summed E-state index contributed by atoms with van der Waals surface area (Å²) in [6, 6.07) is 4.05. The summed E-state index contributed by atoms with van der Waals surface area (Å²) in [5.41, 5.74) is 0.741. The van der Waals surface area contributed by atoms with Crippen molar-refractivity contribution in [3.8, 4) is 10.4 Å². The molecule has 22 heavy (non-hydrogen) atoms. The molecule has 1 amide bonds. The van der Waals surface area contributed by atoms with Crippen molar-refractivity contribution in [2.75, 3.05) is 14.1 Å². The molecule has 3 rings (SSSR count). The standard InChI is InChI=1S/C15H15N3O2S2/c1-9-4-5-11(22-9)10-7-21-14-13(10)15(20)18(8-16-14)6-12(19)17(2)3/h4-5,7-8H,6H2,1-3H3. The molecule has 114 valence electrons. The van der Waals surface area contributed by atoms with Gasteiger partial charge in [0.05, 0.1) is 11.7 Å². The highest BCUT2D eigenvalue weighted by Crippen LogP contribution is 2.34. The van der Waals surface area contributed by atoms with Crippen molar-refractivity contribution in [3.05, 3.63) is 39.1 Å². The van der Waals surface area contributed by atoms with Crippen molar-refractivity contribution in [1.29, 1.82) is 0 Å². The van der Waals surface area contributed by atoms with Crippen LogP contribution in [0.2, 0.25) is 0 Å². The molecule has 0 saturated carbocycles. The van der Waals surface area contributed by atoms with Gasteiger partial charge in [-0.3, -0.25) is 14.2 Å². The number of nitrogens with zero attached hydrogens (tertiary/aromatic N) is 3.